The Labute approximate surface area is 104 Å². The standard InChI is InChI=1S/C6H2Br2F2N2O4/c7-1-3(9)4(10)2(8)6(15-16-11)5(1)12(13)14/h11H2. The van der Waals surface area contributed by atoms with E-state index in [-0.39, 0.29) is 0 Å². The molecule has 0 aliphatic heterocycles. The minimum Gasteiger partial charge on any atom is -0.311 e. The fourth-order valence-electron chi connectivity index (χ4n) is 0.887. The summed E-state index contributed by atoms with van der Waals surface area (Å²) in [5.74, 6) is 1.06. The summed E-state index contributed by atoms with van der Waals surface area (Å²) in [4.78, 5) is 17.5. The predicted octanol–water partition coefficient (Wildman–Crippen LogP) is 2.58. The van der Waals surface area contributed by atoms with Gasteiger partial charge in [0.1, 0.15) is 8.95 Å². The molecule has 2 N–H and O–H groups in total. The minimum atomic E-state index is -1.43. The van der Waals surface area contributed by atoms with Crippen molar-refractivity contribution in [2.45, 2.75) is 0 Å². The first-order valence-corrected chi connectivity index (χ1v) is 5.04. The highest BCUT2D eigenvalue weighted by atomic mass is 79.9. The monoisotopic (exact) mass is 362 g/mol. The summed E-state index contributed by atoms with van der Waals surface area (Å²) in [6.07, 6.45) is 0. The lowest BCUT2D eigenvalue weighted by Crippen LogP contribution is -2.08. The van der Waals surface area contributed by atoms with Gasteiger partial charge in [0.25, 0.3) is 5.75 Å². The molecule has 0 aliphatic carbocycles. The molecule has 0 radical (unpaired) electrons. The number of benzene rings is 1. The van der Waals surface area contributed by atoms with Gasteiger partial charge in [-0.05, 0) is 31.9 Å². The Hall–Kier alpha value is -0.840. The Morgan fingerprint density at radius 2 is 1.75 bits per heavy atom. The van der Waals surface area contributed by atoms with Gasteiger partial charge in [-0.3, -0.25) is 10.1 Å². The van der Waals surface area contributed by atoms with Crippen LogP contribution in [0, 0.1) is 21.7 Å². The Morgan fingerprint density at radius 3 is 2.19 bits per heavy atom. The van der Waals surface area contributed by atoms with Crippen molar-refractivity contribution in [1.29, 1.82) is 0 Å². The molecule has 0 bridgehead atoms. The molecule has 6 nitrogen and oxygen atoms in total. The average Bonchev–Trinajstić information content (AvgIpc) is 2.23. The van der Waals surface area contributed by atoms with E-state index < -0.39 is 36.9 Å². The van der Waals surface area contributed by atoms with E-state index in [0.717, 1.165) is 0 Å². The fourth-order valence-corrected chi connectivity index (χ4v) is 1.81. The van der Waals surface area contributed by atoms with Crippen molar-refractivity contribution in [3.8, 4) is 5.75 Å². The van der Waals surface area contributed by atoms with Crippen LogP contribution in [0.4, 0.5) is 14.5 Å². The summed E-state index contributed by atoms with van der Waals surface area (Å²) >= 11 is 5.12. The molecular formula is C6H2Br2F2N2O4. The maximum absolute atomic E-state index is 13.2. The van der Waals surface area contributed by atoms with Crippen LogP contribution in [0.1, 0.15) is 0 Å². The minimum absolute atomic E-state index is 0.606. The van der Waals surface area contributed by atoms with E-state index in [0.29, 0.717) is 0 Å². The van der Waals surface area contributed by atoms with E-state index in [1.54, 1.807) is 0 Å². The summed E-state index contributed by atoms with van der Waals surface area (Å²) in [6.45, 7) is 0. The Morgan fingerprint density at radius 1 is 1.25 bits per heavy atom. The van der Waals surface area contributed by atoms with Crippen LogP contribution in [0.25, 0.3) is 0 Å². The van der Waals surface area contributed by atoms with E-state index >= 15 is 0 Å². The van der Waals surface area contributed by atoms with Crippen LogP contribution in [-0.2, 0) is 4.99 Å². The lowest BCUT2D eigenvalue weighted by atomic mass is 10.3. The van der Waals surface area contributed by atoms with Crippen LogP contribution in [0.3, 0.4) is 0 Å². The number of halogens is 4. The maximum atomic E-state index is 13.2. The third-order valence-corrected chi connectivity index (χ3v) is 2.95. The topological polar surface area (TPSA) is 87.6 Å². The molecule has 1 aromatic carbocycles. The average molecular weight is 364 g/mol. The molecule has 0 saturated carbocycles. The van der Waals surface area contributed by atoms with Crippen LogP contribution in [0.5, 0.6) is 5.75 Å². The van der Waals surface area contributed by atoms with Gasteiger partial charge in [-0.15, -0.1) is 0 Å². The number of rotatable bonds is 3. The van der Waals surface area contributed by atoms with Crippen LogP contribution < -0.4 is 10.8 Å². The number of hydrogen-bond donors (Lipinski definition) is 1. The predicted molar refractivity (Wildman–Crippen MR) is 54.3 cm³/mol. The molecule has 16 heavy (non-hydrogen) atoms. The van der Waals surface area contributed by atoms with Crippen molar-refractivity contribution in [3.63, 3.8) is 0 Å². The quantitative estimate of drug-likeness (QED) is 0.293. The highest BCUT2D eigenvalue weighted by molar-refractivity contribution is 9.11. The van der Waals surface area contributed by atoms with E-state index in [1.165, 1.54) is 0 Å². The van der Waals surface area contributed by atoms with Gasteiger partial charge in [0.05, 0.1) is 4.92 Å². The van der Waals surface area contributed by atoms with Crippen molar-refractivity contribution in [2.75, 3.05) is 0 Å². The highest BCUT2D eigenvalue weighted by Gasteiger charge is 2.32. The molecule has 0 saturated heterocycles. The molecule has 10 heteroatoms. The van der Waals surface area contributed by atoms with Crippen molar-refractivity contribution < 1.29 is 23.6 Å². The molecule has 1 rings (SSSR count). The lowest BCUT2D eigenvalue weighted by Gasteiger charge is -2.07. The fraction of sp³-hybridized carbons (Fsp3) is 0. The number of hydrogen-bond acceptors (Lipinski definition) is 5. The molecule has 0 aromatic heterocycles. The van der Waals surface area contributed by atoms with Gasteiger partial charge in [0.2, 0.25) is 0 Å². The largest absolute Gasteiger partial charge is 0.333 e. The Bertz CT molecular complexity index is 457. The molecule has 0 amide bonds. The summed E-state index contributed by atoms with van der Waals surface area (Å²) in [6, 6.07) is 0. The van der Waals surface area contributed by atoms with Gasteiger partial charge in [-0.25, -0.2) is 8.78 Å². The van der Waals surface area contributed by atoms with E-state index in [2.05, 4.69) is 47.6 Å². The molecule has 0 unspecified atom stereocenters. The Balaban J connectivity index is 3.61. The van der Waals surface area contributed by atoms with Crippen LogP contribution in [0.2, 0.25) is 0 Å². The highest BCUT2D eigenvalue weighted by Crippen LogP contribution is 2.44. The third kappa shape index (κ3) is 2.14. The van der Waals surface area contributed by atoms with E-state index in [1.807, 2.05) is 0 Å². The maximum Gasteiger partial charge on any atom is 0.333 e. The molecule has 88 valence electrons. The van der Waals surface area contributed by atoms with E-state index in [9.17, 15) is 18.9 Å². The summed E-state index contributed by atoms with van der Waals surface area (Å²) < 4.78 is 25.0. The number of nitrogens with zero attached hydrogens (tertiary/aromatic N) is 1. The second kappa shape index (κ2) is 4.99. The first-order chi connectivity index (χ1) is 7.41. The number of nitrogens with two attached hydrogens (primary N) is 1. The van der Waals surface area contributed by atoms with Crippen LogP contribution in [0.15, 0.2) is 8.95 Å². The smallest absolute Gasteiger partial charge is 0.311 e. The van der Waals surface area contributed by atoms with Gasteiger partial charge in [0, 0.05) is 0 Å². The zero-order valence-electron chi connectivity index (χ0n) is 7.17. The second-order valence-corrected chi connectivity index (χ2v) is 3.96. The normalized spacial score (nSPS) is 10.3. The van der Waals surface area contributed by atoms with Gasteiger partial charge in [-0.1, -0.05) is 4.99 Å². The van der Waals surface area contributed by atoms with Crippen molar-refractivity contribution in [1.82, 2.24) is 0 Å². The molecule has 0 heterocycles. The molecular weight excluding hydrogens is 362 g/mol. The third-order valence-electron chi connectivity index (χ3n) is 1.51. The zero-order valence-corrected chi connectivity index (χ0v) is 10.3. The summed E-state index contributed by atoms with van der Waals surface area (Å²) in [5, 5.41) is 10.6. The molecule has 0 spiro atoms. The first kappa shape index (κ1) is 13.2. The first-order valence-electron chi connectivity index (χ1n) is 3.45. The van der Waals surface area contributed by atoms with Gasteiger partial charge < -0.3 is 4.89 Å². The molecule has 0 aliphatic rings. The van der Waals surface area contributed by atoms with E-state index in [4.69, 9.17) is 0 Å². The molecule has 0 fully saturated rings. The molecule has 0 atom stereocenters. The molecule has 1 aromatic rings. The van der Waals surface area contributed by atoms with Gasteiger partial charge in [-0.2, -0.15) is 5.90 Å². The van der Waals surface area contributed by atoms with Gasteiger partial charge >= 0.3 is 5.69 Å². The number of nitro groups is 1. The SMILES string of the molecule is NOOc1c(Br)c(F)c(F)c(Br)c1[N+](=O)[O-]. The van der Waals surface area contributed by atoms with Crippen molar-refractivity contribution in [2.24, 2.45) is 5.90 Å². The van der Waals surface area contributed by atoms with Crippen molar-refractivity contribution >= 4 is 37.5 Å². The zero-order chi connectivity index (χ0) is 12.5. The number of nitro benzene ring substituents is 1. The van der Waals surface area contributed by atoms with Crippen LogP contribution >= 0.6 is 31.9 Å². The Kier molecular flexibility index (Phi) is 4.13. The van der Waals surface area contributed by atoms with Gasteiger partial charge in [0.15, 0.2) is 11.6 Å². The van der Waals surface area contributed by atoms with Crippen LogP contribution in [-0.4, -0.2) is 4.92 Å². The summed E-state index contributed by atoms with van der Waals surface area (Å²) in [5.41, 5.74) is -0.851. The summed E-state index contributed by atoms with van der Waals surface area (Å²) in [7, 11) is 0. The second-order valence-electron chi connectivity index (χ2n) is 2.37. The lowest BCUT2D eigenvalue weighted by molar-refractivity contribution is -0.390. The van der Waals surface area contributed by atoms with Crippen molar-refractivity contribution in [3.05, 3.63) is 30.7 Å².